The number of likely N-dealkylation sites (tertiary alicyclic amines) is 1. The number of carbonyl (C=O) groups excluding carboxylic acids is 1. The normalized spacial score (nSPS) is 17.8. The number of hydrogen-bond acceptors (Lipinski definition) is 6. The first-order chi connectivity index (χ1) is 11.4. The fraction of sp³-hybridized carbons (Fsp3) is 0.471. The van der Waals surface area contributed by atoms with Crippen molar-refractivity contribution < 1.29 is 9.53 Å². The van der Waals surface area contributed by atoms with E-state index in [9.17, 15) is 4.79 Å². The molecule has 2 heterocycles. The second kappa shape index (κ2) is 6.51. The molecule has 1 aromatic heterocycles. The molecule has 1 atom stereocenters. The first-order valence-electron chi connectivity index (χ1n) is 8.06. The summed E-state index contributed by atoms with van der Waals surface area (Å²) in [6.07, 6.45) is 1.32. The van der Waals surface area contributed by atoms with Gasteiger partial charge in [0.25, 0.3) is 0 Å². The quantitative estimate of drug-likeness (QED) is 0.843. The van der Waals surface area contributed by atoms with Gasteiger partial charge in [0.15, 0.2) is 5.82 Å². The van der Waals surface area contributed by atoms with E-state index < -0.39 is 5.60 Å². The van der Waals surface area contributed by atoms with Crippen LogP contribution in [0.1, 0.15) is 45.5 Å². The number of ether oxygens (including phenoxy) is 1. The molecule has 0 aliphatic carbocycles. The predicted molar refractivity (Wildman–Crippen MR) is 88.0 cm³/mol. The third-order valence-electron chi connectivity index (χ3n) is 3.71. The number of aromatic nitrogens is 4. The average Bonchev–Trinajstić information content (AvgIpc) is 3.04. The molecule has 1 aromatic carbocycles. The van der Waals surface area contributed by atoms with Crippen LogP contribution in [0.5, 0.6) is 0 Å². The number of hydrogen-bond donors (Lipinski definition) is 0. The zero-order chi connectivity index (χ0) is 17.2. The van der Waals surface area contributed by atoms with Crippen LogP contribution in [0.15, 0.2) is 30.3 Å². The van der Waals surface area contributed by atoms with Crippen LogP contribution in [-0.2, 0) is 4.74 Å². The average molecular weight is 327 g/mol. The van der Waals surface area contributed by atoms with Crippen LogP contribution < -0.4 is 0 Å². The summed E-state index contributed by atoms with van der Waals surface area (Å²) in [6, 6.07) is 9.32. The molecule has 1 saturated heterocycles. The highest BCUT2D eigenvalue weighted by atomic mass is 16.6. The molecule has 7 heteroatoms. The minimum Gasteiger partial charge on any atom is -0.444 e. The highest BCUT2D eigenvalue weighted by Gasteiger charge is 2.35. The summed E-state index contributed by atoms with van der Waals surface area (Å²) < 4.78 is 5.46. The highest BCUT2D eigenvalue weighted by Crippen LogP contribution is 2.30. The molecule has 0 saturated carbocycles. The van der Waals surface area contributed by atoms with Crippen molar-refractivity contribution in [3.8, 4) is 11.4 Å². The molecule has 1 amide bonds. The third kappa shape index (κ3) is 3.67. The van der Waals surface area contributed by atoms with E-state index in [-0.39, 0.29) is 12.1 Å². The summed E-state index contributed by atoms with van der Waals surface area (Å²) in [5.74, 6) is 0.930. The summed E-state index contributed by atoms with van der Waals surface area (Å²) in [5.41, 5.74) is 0.332. The molecule has 126 valence electrons. The Hall–Kier alpha value is -2.57. The summed E-state index contributed by atoms with van der Waals surface area (Å²) in [7, 11) is 0. The zero-order valence-corrected chi connectivity index (χ0v) is 14.1. The van der Waals surface area contributed by atoms with Gasteiger partial charge in [-0.1, -0.05) is 30.3 Å². The van der Waals surface area contributed by atoms with Gasteiger partial charge in [-0.2, -0.15) is 0 Å². The molecule has 0 radical (unpaired) electrons. The Labute approximate surface area is 141 Å². The van der Waals surface area contributed by atoms with Gasteiger partial charge in [0.1, 0.15) is 5.60 Å². The molecule has 24 heavy (non-hydrogen) atoms. The van der Waals surface area contributed by atoms with Crippen molar-refractivity contribution in [1.29, 1.82) is 0 Å². The van der Waals surface area contributed by atoms with E-state index >= 15 is 0 Å². The van der Waals surface area contributed by atoms with Gasteiger partial charge in [-0.15, -0.1) is 20.4 Å². The number of carbonyl (C=O) groups is 1. The molecule has 1 aliphatic heterocycles. The van der Waals surface area contributed by atoms with Crippen LogP contribution in [0.4, 0.5) is 4.79 Å². The predicted octanol–water partition coefficient (Wildman–Crippen LogP) is 3.01. The Morgan fingerprint density at radius 2 is 1.79 bits per heavy atom. The Kier molecular flexibility index (Phi) is 4.42. The van der Waals surface area contributed by atoms with Gasteiger partial charge >= 0.3 is 6.09 Å². The Morgan fingerprint density at radius 1 is 1.12 bits per heavy atom. The van der Waals surface area contributed by atoms with E-state index in [1.807, 2.05) is 51.1 Å². The Morgan fingerprint density at radius 3 is 2.42 bits per heavy atom. The topological polar surface area (TPSA) is 81.1 Å². The lowest BCUT2D eigenvalue weighted by Gasteiger charge is -2.27. The minimum atomic E-state index is -0.529. The highest BCUT2D eigenvalue weighted by molar-refractivity contribution is 5.69. The molecule has 0 N–H and O–H groups in total. The van der Waals surface area contributed by atoms with Crippen LogP contribution in [0.3, 0.4) is 0 Å². The monoisotopic (exact) mass is 327 g/mol. The number of amides is 1. The van der Waals surface area contributed by atoms with E-state index in [0.717, 1.165) is 18.4 Å². The van der Waals surface area contributed by atoms with Crippen molar-refractivity contribution >= 4 is 6.09 Å². The van der Waals surface area contributed by atoms with Gasteiger partial charge in [-0.05, 0) is 33.6 Å². The summed E-state index contributed by atoms with van der Waals surface area (Å²) in [5, 5.41) is 16.7. The fourth-order valence-corrected chi connectivity index (χ4v) is 2.65. The molecule has 1 unspecified atom stereocenters. The van der Waals surface area contributed by atoms with Gasteiger partial charge in [-0.25, -0.2) is 4.79 Å². The number of rotatable bonds is 2. The summed E-state index contributed by atoms with van der Waals surface area (Å²) in [6.45, 7) is 6.18. The first kappa shape index (κ1) is 16.3. The minimum absolute atomic E-state index is 0.232. The van der Waals surface area contributed by atoms with Crippen LogP contribution in [0, 0.1) is 0 Å². The maximum Gasteiger partial charge on any atom is 0.410 e. The molecule has 7 nitrogen and oxygen atoms in total. The SMILES string of the molecule is CC(C)(C)OC(=O)N1CCCC1c1nnc(-c2ccccc2)nn1. The molecule has 3 rings (SSSR count). The van der Waals surface area contributed by atoms with Gasteiger partial charge in [0, 0.05) is 12.1 Å². The Bertz CT molecular complexity index is 697. The second-order valence-electron chi connectivity index (χ2n) is 6.78. The zero-order valence-electron chi connectivity index (χ0n) is 14.1. The van der Waals surface area contributed by atoms with E-state index in [2.05, 4.69) is 20.4 Å². The lowest BCUT2D eigenvalue weighted by atomic mass is 10.2. The smallest absolute Gasteiger partial charge is 0.410 e. The van der Waals surface area contributed by atoms with E-state index in [1.165, 1.54) is 0 Å². The van der Waals surface area contributed by atoms with Crippen molar-refractivity contribution in [3.63, 3.8) is 0 Å². The van der Waals surface area contributed by atoms with Crippen LogP contribution >= 0.6 is 0 Å². The van der Waals surface area contributed by atoms with Gasteiger partial charge in [0.2, 0.25) is 5.82 Å². The number of benzene rings is 1. The lowest BCUT2D eigenvalue weighted by molar-refractivity contribution is 0.0216. The van der Waals surface area contributed by atoms with E-state index in [0.29, 0.717) is 18.2 Å². The standard InChI is InChI=1S/C17H21N5O2/c1-17(2,3)24-16(23)22-11-7-10-13(22)15-20-18-14(19-21-15)12-8-5-4-6-9-12/h4-6,8-9,13H,7,10-11H2,1-3H3. The second-order valence-corrected chi connectivity index (χ2v) is 6.78. The third-order valence-corrected chi connectivity index (χ3v) is 3.71. The molecular formula is C17H21N5O2. The molecule has 1 fully saturated rings. The summed E-state index contributed by atoms with van der Waals surface area (Å²) >= 11 is 0. The van der Waals surface area contributed by atoms with Gasteiger partial charge in [-0.3, -0.25) is 4.90 Å². The lowest BCUT2D eigenvalue weighted by Crippen LogP contribution is -2.37. The Balaban J connectivity index is 1.77. The first-order valence-corrected chi connectivity index (χ1v) is 8.06. The van der Waals surface area contributed by atoms with E-state index in [4.69, 9.17) is 4.74 Å². The molecule has 0 bridgehead atoms. The van der Waals surface area contributed by atoms with Crippen molar-refractivity contribution in [3.05, 3.63) is 36.2 Å². The fourth-order valence-electron chi connectivity index (χ4n) is 2.65. The largest absolute Gasteiger partial charge is 0.444 e. The van der Waals surface area contributed by atoms with Gasteiger partial charge in [0.05, 0.1) is 6.04 Å². The molecular weight excluding hydrogens is 306 g/mol. The maximum absolute atomic E-state index is 12.3. The van der Waals surface area contributed by atoms with Crippen molar-refractivity contribution in [2.75, 3.05) is 6.54 Å². The van der Waals surface area contributed by atoms with Crippen LogP contribution in [-0.4, -0.2) is 43.5 Å². The van der Waals surface area contributed by atoms with Crippen LogP contribution in [0.2, 0.25) is 0 Å². The summed E-state index contributed by atoms with van der Waals surface area (Å²) in [4.78, 5) is 14.0. The van der Waals surface area contributed by atoms with Crippen molar-refractivity contribution in [2.45, 2.75) is 45.3 Å². The van der Waals surface area contributed by atoms with Crippen molar-refractivity contribution in [1.82, 2.24) is 25.3 Å². The number of nitrogens with zero attached hydrogens (tertiary/aromatic N) is 5. The maximum atomic E-state index is 12.3. The van der Waals surface area contributed by atoms with E-state index in [1.54, 1.807) is 4.90 Å². The van der Waals surface area contributed by atoms with Crippen molar-refractivity contribution in [2.24, 2.45) is 0 Å². The van der Waals surface area contributed by atoms with Gasteiger partial charge < -0.3 is 4.74 Å². The molecule has 1 aliphatic rings. The molecule has 0 spiro atoms. The molecule has 2 aromatic rings. The van der Waals surface area contributed by atoms with Crippen LogP contribution in [0.25, 0.3) is 11.4 Å².